The highest BCUT2D eigenvalue weighted by Gasteiger charge is 2.25. The third kappa shape index (κ3) is 5.90. The van der Waals surface area contributed by atoms with Crippen LogP contribution in [0, 0.1) is 0 Å². The van der Waals surface area contributed by atoms with Gasteiger partial charge in [0.15, 0.2) is 22.5 Å². The summed E-state index contributed by atoms with van der Waals surface area (Å²) in [5.74, 6) is 2.48. The molecule has 3 aromatic rings. The predicted molar refractivity (Wildman–Crippen MR) is 137 cm³/mol. The maximum absolute atomic E-state index is 12.3. The first-order valence-electron chi connectivity index (χ1n) is 11.8. The number of carbonyl (C=O) groups excluding carboxylic acids is 1. The van der Waals surface area contributed by atoms with Gasteiger partial charge in [-0.3, -0.25) is 9.36 Å². The van der Waals surface area contributed by atoms with Crippen molar-refractivity contribution >= 4 is 17.7 Å². The third-order valence-corrected chi connectivity index (χ3v) is 6.77. The fourth-order valence-corrected chi connectivity index (χ4v) is 4.58. The minimum absolute atomic E-state index is 0.0105. The Morgan fingerprint density at radius 3 is 2.31 bits per heavy atom. The van der Waals surface area contributed by atoms with Crippen LogP contribution in [0.25, 0.3) is 17.1 Å². The number of hydrogen-bond donors (Lipinski definition) is 1. The molecule has 35 heavy (non-hydrogen) atoms. The number of aromatic nitrogens is 3. The molecule has 1 aliphatic rings. The summed E-state index contributed by atoms with van der Waals surface area (Å²) in [4.78, 5) is 12.3. The van der Waals surface area contributed by atoms with Crippen LogP contribution in [0.2, 0.25) is 0 Å². The first kappa shape index (κ1) is 24.9. The number of carbonyl (C=O) groups is 1. The van der Waals surface area contributed by atoms with Crippen LogP contribution in [0.4, 0.5) is 0 Å². The van der Waals surface area contributed by atoms with E-state index in [2.05, 4.69) is 46.7 Å². The first-order chi connectivity index (χ1) is 17.1. The van der Waals surface area contributed by atoms with Gasteiger partial charge in [0.1, 0.15) is 0 Å². The second kappa shape index (κ2) is 11.5. The van der Waals surface area contributed by atoms with Gasteiger partial charge in [-0.05, 0) is 55.5 Å². The van der Waals surface area contributed by atoms with E-state index in [1.807, 2.05) is 16.7 Å². The van der Waals surface area contributed by atoms with Gasteiger partial charge in [-0.1, -0.05) is 37.2 Å². The van der Waals surface area contributed by atoms with Gasteiger partial charge in [-0.25, -0.2) is 0 Å². The highest BCUT2D eigenvalue weighted by Crippen LogP contribution is 2.41. The van der Waals surface area contributed by atoms with Crippen molar-refractivity contribution in [3.8, 4) is 34.3 Å². The molecular formula is C26H32N4O4S. The van der Waals surface area contributed by atoms with Crippen LogP contribution < -0.4 is 19.5 Å². The Kier molecular flexibility index (Phi) is 8.17. The lowest BCUT2D eigenvalue weighted by atomic mass is 10.1. The second-order valence-electron chi connectivity index (χ2n) is 8.46. The van der Waals surface area contributed by atoms with E-state index in [-0.39, 0.29) is 11.7 Å². The molecule has 1 aliphatic carbocycles. The first-order valence-corrected chi connectivity index (χ1v) is 12.8. The monoisotopic (exact) mass is 496 g/mol. The second-order valence-corrected chi connectivity index (χ2v) is 9.40. The molecule has 1 N–H and O–H groups in total. The summed E-state index contributed by atoms with van der Waals surface area (Å²) in [6, 6.07) is 12.5. The van der Waals surface area contributed by atoms with Crippen molar-refractivity contribution in [2.24, 2.45) is 0 Å². The summed E-state index contributed by atoms with van der Waals surface area (Å²) in [6.45, 7) is 2.19. The van der Waals surface area contributed by atoms with Crippen LogP contribution in [0.15, 0.2) is 41.6 Å². The smallest absolute Gasteiger partial charge is 0.230 e. The molecule has 1 saturated carbocycles. The number of unbranched alkanes of at least 4 members (excludes halogenated alkanes) is 1. The Balaban J connectivity index is 1.72. The molecule has 1 amide bonds. The number of aryl methyl sites for hydroxylation is 1. The van der Waals surface area contributed by atoms with Gasteiger partial charge in [0.25, 0.3) is 0 Å². The normalized spacial score (nSPS) is 12.9. The zero-order valence-electron chi connectivity index (χ0n) is 20.7. The van der Waals surface area contributed by atoms with E-state index in [9.17, 15) is 4.79 Å². The van der Waals surface area contributed by atoms with Crippen molar-refractivity contribution in [1.29, 1.82) is 0 Å². The summed E-state index contributed by atoms with van der Waals surface area (Å²) in [6.07, 6.45) is 5.47. The van der Waals surface area contributed by atoms with Gasteiger partial charge in [0.05, 0.1) is 27.1 Å². The van der Waals surface area contributed by atoms with E-state index in [1.54, 1.807) is 21.3 Å². The fraction of sp³-hybridized carbons (Fsp3) is 0.423. The Hall–Kier alpha value is -3.20. The van der Waals surface area contributed by atoms with E-state index in [0.29, 0.717) is 34.3 Å². The Labute approximate surface area is 210 Å². The molecule has 0 bridgehead atoms. The van der Waals surface area contributed by atoms with Crippen molar-refractivity contribution in [1.82, 2.24) is 20.1 Å². The Bertz CT molecular complexity index is 1130. The molecular weight excluding hydrogens is 464 g/mol. The summed E-state index contributed by atoms with van der Waals surface area (Å²) < 4.78 is 18.5. The number of nitrogens with one attached hydrogen (secondary N) is 1. The number of benzene rings is 2. The van der Waals surface area contributed by atoms with Crippen LogP contribution >= 0.6 is 11.8 Å². The lowest BCUT2D eigenvalue weighted by molar-refractivity contribution is -0.118. The van der Waals surface area contributed by atoms with Crippen molar-refractivity contribution in [2.45, 2.75) is 50.2 Å². The molecule has 0 atom stereocenters. The molecule has 0 aliphatic heterocycles. The summed E-state index contributed by atoms with van der Waals surface area (Å²) in [5, 5.41) is 12.6. The lowest BCUT2D eigenvalue weighted by Gasteiger charge is -2.15. The molecule has 0 radical (unpaired) electrons. The van der Waals surface area contributed by atoms with E-state index < -0.39 is 0 Å². The largest absolute Gasteiger partial charge is 0.493 e. The van der Waals surface area contributed by atoms with E-state index in [4.69, 9.17) is 14.2 Å². The number of hydrogen-bond acceptors (Lipinski definition) is 7. The zero-order valence-corrected chi connectivity index (χ0v) is 21.5. The summed E-state index contributed by atoms with van der Waals surface area (Å²) in [5.41, 5.74) is 2.97. The van der Waals surface area contributed by atoms with Gasteiger partial charge < -0.3 is 19.5 Å². The van der Waals surface area contributed by atoms with Crippen molar-refractivity contribution in [2.75, 3.05) is 27.1 Å². The van der Waals surface area contributed by atoms with Gasteiger partial charge >= 0.3 is 0 Å². The standard InChI is InChI=1S/C26H32N4O4S/c1-5-6-7-17-8-12-20(13-9-17)30-25(18-14-21(32-2)24(34-4)22(15-18)33-3)28-29-26(30)35-16-23(31)27-19-10-11-19/h8-9,12-15,19H,5-7,10-11,16H2,1-4H3,(H,27,31). The molecule has 1 fully saturated rings. The number of nitrogens with zero attached hydrogens (tertiary/aromatic N) is 3. The molecule has 0 saturated heterocycles. The van der Waals surface area contributed by atoms with Crippen molar-refractivity contribution < 1.29 is 19.0 Å². The quantitative estimate of drug-likeness (QED) is 0.365. The van der Waals surface area contributed by atoms with Crippen LogP contribution in [0.5, 0.6) is 17.2 Å². The number of thioether (sulfide) groups is 1. The third-order valence-electron chi connectivity index (χ3n) is 5.84. The summed E-state index contributed by atoms with van der Waals surface area (Å²) >= 11 is 1.37. The van der Waals surface area contributed by atoms with Crippen LogP contribution in [-0.4, -0.2) is 53.8 Å². The van der Waals surface area contributed by atoms with Crippen LogP contribution in [0.1, 0.15) is 38.2 Å². The Morgan fingerprint density at radius 1 is 1.06 bits per heavy atom. The van der Waals surface area contributed by atoms with Gasteiger partial charge in [-0.15, -0.1) is 10.2 Å². The van der Waals surface area contributed by atoms with Crippen LogP contribution in [0.3, 0.4) is 0 Å². The average molecular weight is 497 g/mol. The highest BCUT2D eigenvalue weighted by atomic mass is 32.2. The van der Waals surface area contributed by atoms with Crippen molar-refractivity contribution in [3.05, 3.63) is 42.0 Å². The van der Waals surface area contributed by atoms with Gasteiger partial charge in [-0.2, -0.15) is 0 Å². The maximum atomic E-state index is 12.3. The molecule has 8 nitrogen and oxygen atoms in total. The minimum Gasteiger partial charge on any atom is -0.493 e. The zero-order chi connectivity index (χ0) is 24.8. The molecule has 2 aromatic carbocycles. The highest BCUT2D eigenvalue weighted by molar-refractivity contribution is 7.99. The van der Waals surface area contributed by atoms with Crippen LogP contribution in [-0.2, 0) is 11.2 Å². The molecule has 186 valence electrons. The van der Waals surface area contributed by atoms with Gasteiger partial charge in [0.2, 0.25) is 11.7 Å². The molecule has 4 rings (SSSR count). The number of amides is 1. The van der Waals surface area contributed by atoms with Crippen molar-refractivity contribution in [3.63, 3.8) is 0 Å². The number of methoxy groups -OCH3 is 3. The molecule has 0 unspecified atom stereocenters. The summed E-state index contributed by atoms with van der Waals surface area (Å²) in [7, 11) is 4.74. The fourth-order valence-electron chi connectivity index (χ4n) is 3.81. The SMILES string of the molecule is CCCCc1ccc(-n2c(SCC(=O)NC3CC3)nnc2-c2cc(OC)c(OC)c(OC)c2)cc1. The topological polar surface area (TPSA) is 87.5 Å². The van der Waals surface area contributed by atoms with E-state index in [1.165, 1.54) is 17.3 Å². The minimum atomic E-state index is 0.0105. The van der Waals surface area contributed by atoms with E-state index >= 15 is 0 Å². The predicted octanol–water partition coefficient (Wildman–Crippen LogP) is 4.67. The average Bonchev–Trinajstić information content (AvgIpc) is 3.60. The van der Waals surface area contributed by atoms with E-state index in [0.717, 1.165) is 43.4 Å². The molecule has 1 aromatic heterocycles. The number of ether oxygens (including phenoxy) is 3. The lowest BCUT2D eigenvalue weighted by Crippen LogP contribution is -2.27. The Morgan fingerprint density at radius 2 is 1.74 bits per heavy atom. The molecule has 9 heteroatoms. The maximum Gasteiger partial charge on any atom is 0.230 e. The van der Waals surface area contributed by atoms with Gasteiger partial charge in [0, 0.05) is 17.3 Å². The molecule has 1 heterocycles. The molecule has 0 spiro atoms. The number of rotatable bonds is 12.